The molecular formula is C36H75N5O4Si. The molecule has 1 heterocycles. The lowest BCUT2D eigenvalue weighted by Gasteiger charge is -2.38. The molecule has 2 N–H and O–H groups in total. The molecule has 0 radical (unpaired) electrons. The van der Waals surface area contributed by atoms with Crippen molar-refractivity contribution in [3.05, 3.63) is 0 Å². The van der Waals surface area contributed by atoms with Gasteiger partial charge in [-0.05, 0) is 46.5 Å². The average molecular weight is 670 g/mol. The first-order chi connectivity index (χ1) is 22.5. The summed E-state index contributed by atoms with van der Waals surface area (Å²) >= 11 is 0. The Balaban J connectivity index is 3.05. The van der Waals surface area contributed by atoms with Crippen molar-refractivity contribution < 1.29 is 18.0 Å². The number of hydrazine groups is 1. The van der Waals surface area contributed by atoms with Crippen molar-refractivity contribution in [1.82, 2.24) is 9.91 Å². The number of aliphatic imine (C=N–C) groups is 2. The number of hydrogen-bond donors (Lipinski definition) is 1. The van der Waals surface area contributed by atoms with E-state index in [-0.39, 0.29) is 6.29 Å². The summed E-state index contributed by atoms with van der Waals surface area (Å²) in [5, 5.41) is 1.80. The van der Waals surface area contributed by atoms with Gasteiger partial charge in [-0.3, -0.25) is 9.91 Å². The van der Waals surface area contributed by atoms with Crippen molar-refractivity contribution in [1.29, 1.82) is 0 Å². The summed E-state index contributed by atoms with van der Waals surface area (Å²) in [4.78, 5) is 12.4. The topological polar surface area (TPSA) is 94.1 Å². The van der Waals surface area contributed by atoms with E-state index in [1.807, 2.05) is 20.8 Å². The molecule has 1 aliphatic rings. The Labute approximate surface area is 285 Å². The van der Waals surface area contributed by atoms with E-state index in [1.165, 1.54) is 96.3 Å². The number of unbranched alkanes of at least 4 members (excludes halogenated alkanes) is 15. The highest BCUT2D eigenvalue weighted by Gasteiger charge is 2.40. The SMILES string of the molecule is CCCCCCCCOC1=NC(N(CCCCCCCC)CCCCCCCC)N(N)C(CCC[Si](OCC)(OCC)OCC)=N1. The van der Waals surface area contributed by atoms with Gasteiger partial charge in [0.25, 0.3) is 0 Å². The molecule has 0 bridgehead atoms. The molecule has 9 nitrogen and oxygen atoms in total. The monoisotopic (exact) mass is 670 g/mol. The van der Waals surface area contributed by atoms with Crippen LogP contribution in [0.2, 0.25) is 6.04 Å². The summed E-state index contributed by atoms with van der Waals surface area (Å²) in [5.74, 6) is 7.71. The largest absolute Gasteiger partial charge is 0.500 e. The Kier molecular flexibility index (Phi) is 27.0. The van der Waals surface area contributed by atoms with Gasteiger partial charge in [-0.1, -0.05) is 117 Å². The molecule has 0 aromatic carbocycles. The molecule has 10 heteroatoms. The second kappa shape index (κ2) is 28.9. The minimum Gasteiger partial charge on any atom is -0.464 e. The lowest BCUT2D eigenvalue weighted by molar-refractivity contribution is 0.0704. The molecule has 0 spiro atoms. The Morgan fingerprint density at radius 3 is 1.57 bits per heavy atom. The van der Waals surface area contributed by atoms with E-state index >= 15 is 0 Å². The Morgan fingerprint density at radius 2 is 1.09 bits per heavy atom. The second-order valence-corrected chi connectivity index (χ2v) is 15.4. The number of rotatable bonds is 32. The third-order valence-corrected chi connectivity index (χ3v) is 11.8. The minimum atomic E-state index is -2.75. The van der Waals surface area contributed by atoms with Crippen molar-refractivity contribution in [2.24, 2.45) is 15.8 Å². The molecule has 0 saturated carbocycles. The summed E-state index contributed by atoms with van der Waals surface area (Å²) < 4.78 is 24.6. The molecule has 1 unspecified atom stereocenters. The standard InChI is InChI=1S/C36H75N5O4Si/c1-7-13-16-19-22-25-30-40(31-26-23-20-17-14-8-2)36-39-35(42-32-27-24-21-18-15-9-3)38-34(41(36)37)29-28-33-46(43-10-4,44-11-5)45-12-6/h36H,7-33,37H2,1-6H3. The molecule has 0 aromatic rings. The first-order valence-electron chi connectivity index (χ1n) is 19.5. The van der Waals surface area contributed by atoms with E-state index in [9.17, 15) is 0 Å². The van der Waals surface area contributed by atoms with Gasteiger partial charge in [-0.15, -0.1) is 0 Å². The summed E-state index contributed by atoms with van der Waals surface area (Å²) in [5.41, 5.74) is 0. The number of nitrogens with two attached hydrogens (primary N) is 1. The van der Waals surface area contributed by atoms with Crippen LogP contribution >= 0.6 is 0 Å². The maximum absolute atomic E-state index is 6.89. The van der Waals surface area contributed by atoms with Crippen molar-refractivity contribution >= 4 is 20.7 Å². The number of ether oxygens (including phenoxy) is 1. The van der Waals surface area contributed by atoms with Gasteiger partial charge >= 0.3 is 14.8 Å². The zero-order valence-corrected chi connectivity index (χ0v) is 32.2. The predicted octanol–water partition coefficient (Wildman–Crippen LogP) is 9.44. The van der Waals surface area contributed by atoms with Crippen LogP contribution in [-0.4, -0.2) is 76.4 Å². The highest BCUT2D eigenvalue weighted by atomic mass is 28.4. The molecule has 0 aromatic heterocycles. The molecule has 46 heavy (non-hydrogen) atoms. The van der Waals surface area contributed by atoms with Gasteiger partial charge in [-0.25, -0.2) is 5.84 Å². The first-order valence-corrected chi connectivity index (χ1v) is 21.4. The van der Waals surface area contributed by atoms with Crippen molar-refractivity contribution in [2.75, 3.05) is 39.5 Å². The lowest BCUT2D eigenvalue weighted by Crippen LogP contribution is -2.56. The maximum Gasteiger partial charge on any atom is 0.500 e. The predicted molar refractivity (Wildman–Crippen MR) is 197 cm³/mol. The molecule has 0 saturated heterocycles. The molecule has 0 amide bonds. The Morgan fingerprint density at radius 1 is 0.630 bits per heavy atom. The van der Waals surface area contributed by atoms with Crippen molar-refractivity contribution in [3.63, 3.8) is 0 Å². The average Bonchev–Trinajstić information content (AvgIpc) is 3.04. The highest BCUT2D eigenvalue weighted by Crippen LogP contribution is 2.23. The van der Waals surface area contributed by atoms with Gasteiger partial charge in [-0.2, -0.15) is 9.98 Å². The molecule has 272 valence electrons. The van der Waals surface area contributed by atoms with Gasteiger partial charge in [0.15, 0.2) is 6.29 Å². The van der Waals surface area contributed by atoms with E-state index < -0.39 is 8.80 Å². The molecule has 1 aliphatic heterocycles. The molecule has 1 rings (SSSR count). The van der Waals surface area contributed by atoms with Crippen LogP contribution in [0.1, 0.15) is 170 Å². The van der Waals surface area contributed by atoms with Gasteiger partial charge in [0.05, 0.1) is 6.61 Å². The quantitative estimate of drug-likeness (QED) is 0.0433. The maximum atomic E-state index is 6.89. The number of nitrogens with zero attached hydrogens (tertiary/aromatic N) is 4. The molecule has 0 fully saturated rings. The fraction of sp³-hybridized carbons (Fsp3) is 0.944. The summed E-state index contributed by atoms with van der Waals surface area (Å²) in [6.45, 7) is 17.2. The van der Waals surface area contributed by atoms with Crippen molar-refractivity contribution in [3.8, 4) is 0 Å². The third kappa shape index (κ3) is 19.1. The number of amidine groups is 2. The normalized spacial score (nSPS) is 15.5. The van der Waals surface area contributed by atoms with Gasteiger partial charge in [0.1, 0.15) is 5.84 Å². The van der Waals surface area contributed by atoms with Gasteiger partial charge in [0, 0.05) is 45.4 Å². The van der Waals surface area contributed by atoms with E-state index in [4.69, 9.17) is 33.8 Å². The summed E-state index contributed by atoms with van der Waals surface area (Å²) in [6, 6.07) is 1.21. The van der Waals surface area contributed by atoms with Crippen LogP contribution in [0.15, 0.2) is 9.98 Å². The van der Waals surface area contributed by atoms with Crippen LogP contribution < -0.4 is 5.84 Å². The van der Waals surface area contributed by atoms with Crippen LogP contribution in [0.5, 0.6) is 0 Å². The zero-order chi connectivity index (χ0) is 33.7. The zero-order valence-electron chi connectivity index (χ0n) is 31.2. The fourth-order valence-corrected chi connectivity index (χ4v) is 8.66. The summed E-state index contributed by atoms with van der Waals surface area (Å²) in [6.07, 6.45) is 23.8. The highest BCUT2D eigenvalue weighted by molar-refractivity contribution is 6.60. The van der Waals surface area contributed by atoms with Crippen LogP contribution in [-0.2, 0) is 18.0 Å². The third-order valence-electron chi connectivity index (χ3n) is 8.63. The molecule has 0 aliphatic carbocycles. The second-order valence-electron chi connectivity index (χ2n) is 12.7. The van der Waals surface area contributed by atoms with E-state index in [0.717, 1.165) is 50.7 Å². The molecular weight excluding hydrogens is 595 g/mol. The van der Waals surface area contributed by atoms with E-state index in [0.29, 0.717) is 38.9 Å². The fourth-order valence-electron chi connectivity index (χ4n) is 6.05. The van der Waals surface area contributed by atoms with Crippen molar-refractivity contribution in [2.45, 2.75) is 182 Å². The minimum absolute atomic E-state index is 0.300. The lowest BCUT2D eigenvalue weighted by atomic mass is 10.1. The summed E-state index contributed by atoms with van der Waals surface area (Å²) in [7, 11) is -2.75. The van der Waals surface area contributed by atoms with Gasteiger partial charge in [0.2, 0.25) is 0 Å². The van der Waals surface area contributed by atoms with E-state index in [2.05, 4.69) is 25.7 Å². The molecule has 1 atom stereocenters. The van der Waals surface area contributed by atoms with Crippen LogP contribution in [0, 0.1) is 0 Å². The Bertz CT molecular complexity index is 740. The van der Waals surface area contributed by atoms with Gasteiger partial charge < -0.3 is 18.0 Å². The van der Waals surface area contributed by atoms with Crippen LogP contribution in [0.25, 0.3) is 0 Å². The van der Waals surface area contributed by atoms with Crippen LogP contribution in [0.4, 0.5) is 0 Å². The van der Waals surface area contributed by atoms with E-state index in [1.54, 1.807) is 5.01 Å². The Hall–Kier alpha value is -1.04. The first kappa shape index (κ1) is 43.0. The smallest absolute Gasteiger partial charge is 0.464 e. The van der Waals surface area contributed by atoms with Crippen LogP contribution in [0.3, 0.4) is 0 Å². The number of hydrogen-bond acceptors (Lipinski definition) is 9.